The zero-order valence-electron chi connectivity index (χ0n) is 11.8. The van der Waals surface area contributed by atoms with Gasteiger partial charge in [-0.1, -0.05) is 26.2 Å². The van der Waals surface area contributed by atoms with Crippen LogP contribution in [-0.2, 0) is 7.05 Å². The highest BCUT2D eigenvalue weighted by Crippen LogP contribution is 2.27. The number of hydrogen-bond acceptors (Lipinski definition) is 3. The van der Waals surface area contributed by atoms with Crippen LogP contribution in [0.5, 0.6) is 5.88 Å². The van der Waals surface area contributed by atoms with Crippen LogP contribution in [0.1, 0.15) is 45.4 Å². The lowest BCUT2D eigenvalue weighted by Gasteiger charge is -2.15. The number of hydrogen-bond donors (Lipinski definition) is 1. The first-order chi connectivity index (χ1) is 8.72. The van der Waals surface area contributed by atoms with E-state index >= 15 is 0 Å². The smallest absolute Gasteiger partial charge is 0.213 e. The summed E-state index contributed by atoms with van der Waals surface area (Å²) in [7, 11) is 3.59. The standard InChI is InChI=1S/C14H25N3O/c1-4-11-6-5-7-12(9-8-11)15-13-10-14(18-3)17(2)16-13/h10-12H,4-9H2,1-3H3,(H,15,16). The molecule has 1 fully saturated rings. The Labute approximate surface area is 110 Å². The summed E-state index contributed by atoms with van der Waals surface area (Å²) in [5, 5.41) is 7.98. The molecule has 4 heteroatoms. The van der Waals surface area contributed by atoms with Crippen LogP contribution in [0.25, 0.3) is 0 Å². The lowest BCUT2D eigenvalue weighted by atomic mass is 9.98. The Morgan fingerprint density at radius 1 is 1.39 bits per heavy atom. The van der Waals surface area contributed by atoms with Gasteiger partial charge in [0.2, 0.25) is 5.88 Å². The van der Waals surface area contributed by atoms with Gasteiger partial charge in [-0.15, -0.1) is 0 Å². The van der Waals surface area contributed by atoms with Crippen molar-refractivity contribution < 1.29 is 4.74 Å². The summed E-state index contributed by atoms with van der Waals surface area (Å²) >= 11 is 0. The second kappa shape index (κ2) is 6.12. The summed E-state index contributed by atoms with van der Waals surface area (Å²) in [6.07, 6.45) is 7.91. The molecule has 1 N–H and O–H groups in total. The van der Waals surface area contributed by atoms with Crippen LogP contribution in [0, 0.1) is 5.92 Å². The molecule has 1 aromatic rings. The number of nitrogens with one attached hydrogen (secondary N) is 1. The molecule has 4 nitrogen and oxygen atoms in total. The third kappa shape index (κ3) is 3.18. The van der Waals surface area contributed by atoms with Gasteiger partial charge >= 0.3 is 0 Å². The van der Waals surface area contributed by atoms with Crippen LogP contribution in [-0.4, -0.2) is 22.9 Å². The molecule has 102 valence electrons. The molecule has 1 aliphatic carbocycles. The minimum Gasteiger partial charge on any atom is -0.481 e. The first-order valence-corrected chi connectivity index (χ1v) is 7.07. The second-order valence-corrected chi connectivity index (χ2v) is 5.32. The average Bonchev–Trinajstić information content (AvgIpc) is 2.59. The maximum Gasteiger partial charge on any atom is 0.213 e. The van der Waals surface area contributed by atoms with E-state index < -0.39 is 0 Å². The maximum atomic E-state index is 5.23. The summed E-state index contributed by atoms with van der Waals surface area (Å²) in [5.74, 6) is 2.67. The molecule has 1 aromatic heterocycles. The van der Waals surface area contributed by atoms with Crippen molar-refractivity contribution in [3.05, 3.63) is 6.07 Å². The van der Waals surface area contributed by atoms with Crippen LogP contribution in [0.2, 0.25) is 0 Å². The fourth-order valence-electron chi connectivity index (χ4n) is 2.85. The Balaban J connectivity index is 1.92. The van der Waals surface area contributed by atoms with Crippen LogP contribution in [0.4, 0.5) is 5.82 Å². The molecule has 0 amide bonds. The van der Waals surface area contributed by atoms with Crippen LogP contribution >= 0.6 is 0 Å². The van der Waals surface area contributed by atoms with E-state index in [4.69, 9.17) is 4.74 Å². The number of methoxy groups -OCH3 is 1. The summed E-state index contributed by atoms with van der Waals surface area (Å²) in [6.45, 7) is 2.31. The summed E-state index contributed by atoms with van der Waals surface area (Å²) in [6, 6.07) is 2.54. The fourth-order valence-corrected chi connectivity index (χ4v) is 2.85. The Morgan fingerprint density at radius 3 is 2.89 bits per heavy atom. The molecule has 2 unspecified atom stereocenters. The van der Waals surface area contributed by atoms with Crippen molar-refractivity contribution in [1.82, 2.24) is 9.78 Å². The van der Waals surface area contributed by atoms with Crippen LogP contribution < -0.4 is 10.1 Å². The molecule has 1 heterocycles. The van der Waals surface area contributed by atoms with Crippen LogP contribution in [0.15, 0.2) is 6.07 Å². The zero-order chi connectivity index (χ0) is 13.0. The van der Waals surface area contributed by atoms with Crippen molar-refractivity contribution in [3.63, 3.8) is 0 Å². The lowest BCUT2D eigenvalue weighted by Crippen LogP contribution is -2.18. The lowest BCUT2D eigenvalue weighted by molar-refractivity contribution is 0.373. The normalized spacial score (nSPS) is 24.6. The predicted octanol–water partition coefficient (Wildman–Crippen LogP) is 3.20. The van der Waals surface area contributed by atoms with E-state index in [1.807, 2.05) is 13.1 Å². The highest BCUT2D eigenvalue weighted by Gasteiger charge is 2.18. The predicted molar refractivity (Wildman–Crippen MR) is 74.0 cm³/mol. The van der Waals surface area contributed by atoms with E-state index in [-0.39, 0.29) is 0 Å². The monoisotopic (exact) mass is 251 g/mol. The molecule has 0 saturated heterocycles. The topological polar surface area (TPSA) is 39.1 Å². The Bertz CT molecular complexity index is 375. The number of rotatable bonds is 4. The van der Waals surface area contributed by atoms with E-state index in [9.17, 15) is 0 Å². The summed E-state index contributed by atoms with van der Waals surface area (Å²) < 4.78 is 7.01. The van der Waals surface area contributed by atoms with Gasteiger partial charge in [-0.2, -0.15) is 5.10 Å². The maximum absolute atomic E-state index is 5.23. The highest BCUT2D eigenvalue weighted by atomic mass is 16.5. The molecule has 2 rings (SSSR count). The molecule has 0 spiro atoms. The Hall–Kier alpha value is -1.19. The summed E-state index contributed by atoms with van der Waals surface area (Å²) in [5.41, 5.74) is 0. The van der Waals surface area contributed by atoms with E-state index in [0.29, 0.717) is 6.04 Å². The van der Waals surface area contributed by atoms with Gasteiger partial charge in [-0.05, 0) is 25.2 Å². The second-order valence-electron chi connectivity index (χ2n) is 5.32. The highest BCUT2D eigenvalue weighted by molar-refractivity contribution is 5.39. The van der Waals surface area contributed by atoms with Gasteiger partial charge in [0.05, 0.1) is 7.11 Å². The minimum atomic E-state index is 0.571. The average molecular weight is 251 g/mol. The number of aryl methyl sites for hydroxylation is 1. The first kappa shape index (κ1) is 13.2. The van der Waals surface area contributed by atoms with Gasteiger partial charge in [0, 0.05) is 19.2 Å². The van der Waals surface area contributed by atoms with Gasteiger partial charge in [-0.25, -0.2) is 4.68 Å². The van der Waals surface area contributed by atoms with E-state index in [0.717, 1.165) is 17.6 Å². The van der Waals surface area contributed by atoms with E-state index in [1.54, 1.807) is 11.8 Å². The van der Waals surface area contributed by atoms with Crippen molar-refractivity contribution in [2.75, 3.05) is 12.4 Å². The van der Waals surface area contributed by atoms with Gasteiger partial charge in [0.15, 0.2) is 5.82 Å². The van der Waals surface area contributed by atoms with Gasteiger partial charge in [-0.3, -0.25) is 0 Å². The molecule has 1 aliphatic rings. The number of anilines is 1. The largest absolute Gasteiger partial charge is 0.481 e. The Kier molecular flexibility index (Phi) is 4.50. The minimum absolute atomic E-state index is 0.571. The van der Waals surface area contributed by atoms with Crippen molar-refractivity contribution in [1.29, 1.82) is 0 Å². The van der Waals surface area contributed by atoms with Crippen molar-refractivity contribution >= 4 is 5.82 Å². The van der Waals surface area contributed by atoms with Crippen molar-refractivity contribution in [2.45, 2.75) is 51.5 Å². The van der Waals surface area contributed by atoms with Crippen molar-refractivity contribution in [2.24, 2.45) is 13.0 Å². The van der Waals surface area contributed by atoms with Gasteiger partial charge in [0.1, 0.15) is 0 Å². The third-order valence-electron chi connectivity index (χ3n) is 4.06. The van der Waals surface area contributed by atoms with Crippen LogP contribution in [0.3, 0.4) is 0 Å². The van der Waals surface area contributed by atoms with Gasteiger partial charge in [0.25, 0.3) is 0 Å². The molecule has 0 aliphatic heterocycles. The molecule has 0 bridgehead atoms. The third-order valence-corrected chi connectivity index (χ3v) is 4.06. The molecule has 18 heavy (non-hydrogen) atoms. The molecule has 1 saturated carbocycles. The molecule has 0 aromatic carbocycles. The summed E-state index contributed by atoms with van der Waals surface area (Å²) in [4.78, 5) is 0. The zero-order valence-corrected chi connectivity index (χ0v) is 11.8. The first-order valence-electron chi connectivity index (χ1n) is 7.07. The molecular formula is C14H25N3O. The molecule has 2 atom stereocenters. The number of aromatic nitrogens is 2. The number of nitrogens with zero attached hydrogens (tertiary/aromatic N) is 2. The molecular weight excluding hydrogens is 226 g/mol. The van der Waals surface area contributed by atoms with Gasteiger partial charge < -0.3 is 10.1 Å². The fraction of sp³-hybridized carbons (Fsp3) is 0.786. The SMILES string of the molecule is CCC1CCCC(Nc2cc(OC)n(C)n2)CC1. The Morgan fingerprint density at radius 2 is 2.22 bits per heavy atom. The van der Waals surface area contributed by atoms with Crippen molar-refractivity contribution in [3.8, 4) is 5.88 Å². The number of ether oxygens (including phenoxy) is 1. The molecule has 0 radical (unpaired) electrons. The van der Waals surface area contributed by atoms with E-state index in [1.165, 1.54) is 38.5 Å². The quantitative estimate of drug-likeness (QED) is 0.835. The van der Waals surface area contributed by atoms with E-state index in [2.05, 4.69) is 17.3 Å².